The van der Waals surface area contributed by atoms with Gasteiger partial charge in [-0.25, -0.2) is 9.97 Å². The summed E-state index contributed by atoms with van der Waals surface area (Å²) >= 11 is 0. The first-order valence-electron chi connectivity index (χ1n) is 58.8. The molecule has 0 unspecified atom stereocenters. The van der Waals surface area contributed by atoms with Crippen LogP contribution in [0.15, 0.2) is 298 Å². The van der Waals surface area contributed by atoms with Crippen LogP contribution in [-0.2, 0) is 109 Å². The van der Waals surface area contributed by atoms with Gasteiger partial charge in [0.1, 0.15) is 0 Å². The van der Waals surface area contributed by atoms with Crippen LogP contribution >= 0.6 is 0 Å². The molecule has 814 valence electrons. The van der Waals surface area contributed by atoms with Gasteiger partial charge >= 0.3 is 0 Å². The lowest BCUT2D eigenvalue weighted by atomic mass is 10.0. The lowest BCUT2D eigenvalue weighted by molar-refractivity contribution is 1.04. The maximum absolute atomic E-state index is 4.48. The molecule has 147 heavy (non-hydrogen) atoms. The maximum atomic E-state index is 4.48. The molecule has 5 heteroatoms. The van der Waals surface area contributed by atoms with E-state index in [9.17, 15) is 0 Å². The van der Waals surface area contributed by atoms with Crippen molar-refractivity contribution in [2.45, 2.75) is 428 Å². The van der Waals surface area contributed by atoms with Gasteiger partial charge in [0.2, 0.25) is 0 Å². The monoisotopic (exact) mass is 2000 g/mol. The summed E-state index contributed by atoms with van der Waals surface area (Å²) in [6, 6.07) is 96.7. The molecule has 0 aliphatic rings. The van der Waals surface area contributed by atoms with Crippen LogP contribution in [0.3, 0.4) is 0 Å². The van der Waals surface area contributed by atoms with E-state index in [4.69, 9.17) is 0 Å². The summed E-state index contributed by atoms with van der Waals surface area (Å²) in [7, 11) is 0. The van der Waals surface area contributed by atoms with Gasteiger partial charge in [-0.2, -0.15) is 0 Å². The largest absolute Gasteiger partial charge is 0.261 e. The average molecular weight is 2000 g/mol. The van der Waals surface area contributed by atoms with Crippen molar-refractivity contribution in [2.24, 2.45) is 0 Å². The molecule has 0 saturated carbocycles. The molecule has 15 rings (SSSR count). The van der Waals surface area contributed by atoms with Gasteiger partial charge in [-0.1, -0.05) is 555 Å². The number of nitrogens with zero attached hydrogens (tertiary/aromatic N) is 5. The highest BCUT2D eigenvalue weighted by molar-refractivity contribution is 5.84. The average Bonchev–Trinajstić information content (AvgIpc) is 0.852. The Morgan fingerprint density at radius 2 is 0.354 bits per heavy atom. The molecule has 0 spiro atoms. The summed E-state index contributed by atoms with van der Waals surface area (Å²) in [6.07, 6.45) is 28.1. The van der Waals surface area contributed by atoms with E-state index in [0.717, 1.165) is 132 Å². The number of hydrogen-bond donors (Lipinski definition) is 0. The molecule has 0 amide bonds. The lowest BCUT2D eigenvalue weighted by Crippen LogP contribution is -1.91. The third-order valence-electron chi connectivity index (χ3n) is 21.8. The van der Waals surface area contributed by atoms with Crippen molar-refractivity contribution in [3.8, 4) is 33.8 Å². The molecule has 0 aliphatic heterocycles. The highest BCUT2D eigenvalue weighted by Crippen LogP contribution is 2.25. The molecule has 0 N–H and O–H groups in total. The summed E-state index contributed by atoms with van der Waals surface area (Å²) in [4.78, 5) is 22.1. The number of pyridine rings is 3. The van der Waals surface area contributed by atoms with Crippen LogP contribution in [0.5, 0.6) is 0 Å². The van der Waals surface area contributed by atoms with Crippen molar-refractivity contribution in [3.63, 3.8) is 0 Å². The first-order valence-corrected chi connectivity index (χ1v) is 58.8. The van der Waals surface area contributed by atoms with Gasteiger partial charge in [0, 0.05) is 58.6 Å². The minimum atomic E-state index is 0.805. The molecule has 0 saturated heterocycles. The third kappa shape index (κ3) is 63.9. The predicted molar refractivity (Wildman–Crippen MR) is 679 cm³/mol. The third-order valence-corrected chi connectivity index (χ3v) is 21.8. The topological polar surface area (TPSA) is 64.5 Å². The molecular weight excluding hydrogens is 1780 g/mol. The second kappa shape index (κ2) is 107. The minimum Gasteiger partial charge on any atom is -0.261 e. The SMILES string of the molecule is CC.CC.CC.CC.CC.CC.CC.CC.CC.CC.CC.CC.CC.CC.CC.CCc1ccc(-c2ccc(CC)cc2)cc1.CCc1ccc(-c2ccc(CC)cn2)cc1.CCc1ccc(-c2ncc(CC)cn2)cc1.CCc1ccc(CC)cc1.CCc1ccc(Cc2ccc(CC)cc2)cc1.CCc1ccc2cc(CC)ccc2c1.CCc1ccc2cc(CC)ncc2c1.CCc1cnc2cc(CC)ccc2c1. The fraction of sp³-hybridized carbons (Fsp3) is 0.444. The molecule has 0 fully saturated rings. The Kier molecular flexibility index (Phi) is 110. The van der Waals surface area contributed by atoms with Crippen molar-refractivity contribution in [3.05, 3.63) is 398 Å². The van der Waals surface area contributed by atoms with Crippen molar-refractivity contribution >= 4 is 32.4 Å². The quantitative estimate of drug-likeness (QED) is 0.0717. The zero-order valence-corrected chi connectivity index (χ0v) is 104. The normalized spacial score (nSPS) is 8.94. The second-order valence-electron chi connectivity index (χ2n) is 29.8. The number of aryl methyl sites for hydroxylation is 16. The summed E-state index contributed by atoms with van der Waals surface area (Å²) in [5.74, 6) is 0.805. The summed E-state index contributed by atoms with van der Waals surface area (Å²) < 4.78 is 0. The minimum absolute atomic E-state index is 0.805. The van der Waals surface area contributed by atoms with Crippen LogP contribution in [0.25, 0.3) is 66.2 Å². The number of rotatable bonds is 21. The van der Waals surface area contributed by atoms with Crippen LogP contribution in [0.1, 0.15) is 419 Å². The van der Waals surface area contributed by atoms with Gasteiger partial charge in [-0.3, -0.25) is 15.0 Å². The Morgan fingerprint density at radius 3 is 0.633 bits per heavy atom. The van der Waals surface area contributed by atoms with Gasteiger partial charge in [-0.05, 0) is 261 Å². The molecule has 4 heterocycles. The van der Waals surface area contributed by atoms with E-state index in [1.165, 1.54) is 144 Å². The van der Waals surface area contributed by atoms with Gasteiger partial charge in [0.05, 0.1) is 11.2 Å². The van der Waals surface area contributed by atoms with Crippen molar-refractivity contribution in [1.82, 2.24) is 24.9 Å². The zero-order chi connectivity index (χ0) is 114. The molecule has 15 aromatic rings. The summed E-state index contributed by atoms with van der Waals surface area (Å²) in [6.45, 7) is 94.7. The Labute approximate surface area is 910 Å². The fourth-order valence-electron chi connectivity index (χ4n) is 13.2. The van der Waals surface area contributed by atoms with Crippen LogP contribution in [0.2, 0.25) is 0 Å². The second-order valence-corrected chi connectivity index (χ2v) is 29.8. The molecule has 0 radical (unpaired) electrons. The molecule has 5 nitrogen and oxygen atoms in total. The fourth-order valence-corrected chi connectivity index (χ4v) is 13.2. The van der Waals surface area contributed by atoms with E-state index in [-0.39, 0.29) is 0 Å². The highest BCUT2D eigenvalue weighted by atomic mass is 14.9. The van der Waals surface area contributed by atoms with Gasteiger partial charge in [-0.15, -0.1) is 0 Å². The predicted octanol–water partition coefficient (Wildman–Crippen LogP) is 44.9. The van der Waals surface area contributed by atoms with Gasteiger partial charge in [0.15, 0.2) is 5.82 Å². The Hall–Kier alpha value is -11.3. The van der Waals surface area contributed by atoms with E-state index < -0.39 is 0 Å². The first-order chi connectivity index (χ1) is 72.2. The summed E-state index contributed by atoms with van der Waals surface area (Å²) in [5.41, 5.74) is 31.5. The molecule has 11 aromatic carbocycles. The molecule has 0 atom stereocenters. The standard InChI is InChI=1S/C17H20.C16H18.C15H17N.C14H16N2.C14H16.2C13H15N.C10H14.15C2H6/c1-3-14-5-9-16(10-6-14)13-17-11-7-15(4-2)8-12-17;1-3-13-5-9-15(10-6-13)16-11-7-14(4-2)8-12-16;1-3-12-5-8-14(9-6-12)15-10-7-13(4-2)11-16-15;1-3-11-5-7-13(8-6-11)14-15-9-12(4-2)10-16-14;1-3-11-5-7-14-10-12(4-2)6-8-13(14)9-11;1-3-10-5-6-12-7-11(4-2)9-14-13(12)8-10;1-3-10-5-6-11-8-13(4-2)14-9-12(11)7-10;1-3-9-5-7-10(4-2)8-6-9;15*1-2/h5-12H,3-4,13H2,1-2H3;5-12H,3-4H2,1-2H3;5-11H,3-4H2,1-2H3;5-10H,3-4H2,1-2H3;5-10H,3-4H2,1-2H3;2*5-9H,3-4H2,1-2H3;5-8H,3-4H2,1-2H3;15*1-2H3. The Bertz CT molecular complexity index is 4540. The number of fused-ring (bicyclic) bond motifs is 3. The van der Waals surface area contributed by atoms with Crippen LogP contribution in [0.4, 0.5) is 0 Å². The molecule has 0 bridgehead atoms. The van der Waals surface area contributed by atoms with E-state index in [0.29, 0.717) is 0 Å². The Balaban J connectivity index is -0.000000242. The highest BCUT2D eigenvalue weighted by Gasteiger charge is 2.07. The van der Waals surface area contributed by atoms with E-state index in [1.807, 2.05) is 239 Å². The summed E-state index contributed by atoms with van der Waals surface area (Å²) in [5, 5.41) is 6.53. The lowest BCUT2D eigenvalue weighted by Gasteiger charge is -2.04. The molecular formula is C142H221N5. The van der Waals surface area contributed by atoms with E-state index in [2.05, 4.69) is 403 Å². The van der Waals surface area contributed by atoms with Crippen LogP contribution in [0, 0.1) is 0 Å². The zero-order valence-electron chi connectivity index (χ0n) is 104. The number of hydrogen-bond acceptors (Lipinski definition) is 5. The van der Waals surface area contributed by atoms with Gasteiger partial charge < -0.3 is 0 Å². The maximum Gasteiger partial charge on any atom is 0.159 e. The number of benzene rings is 11. The Morgan fingerprint density at radius 1 is 0.136 bits per heavy atom. The molecule has 0 aliphatic carbocycles. The van der Waals surface area contributed by atoms with Crippen LogP contribution in [-0.4, -0.2) is 24.9 Å². The van der Waals surface area contributed by atoms with Crippen molar-refractivity contribution < 1.29 is 0 Å². The van der Waals surface area contributed by atoms with Crippen molar-refractivity contribution in [2.75, 3.05) is 0 Å². The van der Waals surface area contributed by atoms with Crippen LogP contribution < -0.4 is 0 Å². The first kappa shape index (κ1) is 151. The van der Waals surface area contributed by atoms with Crippen molar-refractivity contribution in [1.29, 1.82) is 0 Å². The van der Waals surface area contributed by atoms with Gasteiger partial charge in [0.25, 0.3) is 0 Å². The molecule has 4 aromatic heterocycles. The number of aromatic nitrogens is 5. The smallest absolute Gasteiger partial charge is 0.159 e. The van der Waals surface area contributed by atoms with E-state index in [1.54, 1.807) is 0 Å². The van der Waals surface area contributed by atoms with E-state index >= 15 is 0 Å².